The van der Waals surface area contributed by atoms with E-state index >= 15 is 0 Å². The van der Waals surface area contributed by atoms with Gasteiger partial charge in [-0.3, -0.25) is 4.79 Å². The Morgan fingerprint density at radius 2 is 1.84 bits per heavy atom. The van der Waals surface area contributed by atoms with Crippen LogP contribution in [-0.4, -0.2) is 28.9 Å². The van der Waals surface area contributed by atoms with Crippen molar-refractivity contribution in [1.82, 2.24) is 9.99 Å². The molecule has 0 bridgehead atoms. The Balaban J connectivity index is 1.66. The summed E-state index contributed by atoms with van der Waals surface area (Å²) in [6, 6.07) is 16.1. The van der Waals surface area contributed by atoms with Crippen LogP contribution in [-0.2, 0) is 0 Å². The molecule has 2 N–H and O–H groups in total. The van der Waals surface area contributed by atoms with Gasteiger partial charge < -0.3 is 14.4 Å². The largest absolute Gasteiger partial charge is 0.504 e. The molecule has 1 heterocycles. The number of methoxy groups -OCH3 is 1. The average molecular weight is 335 g/mol. The molecule has 126 valence electrons. The summed E-state index contributed by atoms with van der Waals surface area (Å²) in [7, 11) is 1.47. The van der Waals surface area contributed by atoms with Crippen molar-refractivity contribution in [2.75, 3.05) is 7.11 Å². The quantitative estimate of drug-likeness (QED) is 0.556. The average Bonchev–Trinajstić information content (AvgIpc) is 3.18. The highest BCUT2D eigenvalue weighted by molar-refractivity contribution is 5.95. The number of ether oxygens (including phenoxy) is 1. The van der Waals surface area contributed by atoms with E-state index in [-0.39, 0.29) is 11.7 Å². The fraction of sp³-hybridized carbons (Fsp3) is 0.0526. The number of phenols is 1. The van der Waals surface area contributed by atoms with Gasteiger partial charge in [0.25, 0.3) is 5.91 Å². The highest BCUT2D eigenvalue weighted by atomic mass is 16.5. The molecule has 6 nitrogen and oxygen atoms in total. The number of benzene rings is 2. The third-order valence-electron chi connectivity index (χ3n) is 3.65. The van der Waals surface area contributed by atoms with Crippen LogP contribution in [0.2, 0.25) is 0 Å². The fourth-order valence-corrected chi connectivity index (χ4v) is 2.32. The van der Waals surface area contributed by atoms with Crippen LogP contribution in [0.4, 0.5) is 0 Å². The van der Waals surface area contributed by atoms with E-state index in [0.29, 0.717) is 16.9 Å². The molecule has 0 aliphatic carbocycles. The predicted octanol–water partition coefficient (Wildman–Crippen LogP) is 2.96. The zero-order valence-electron chi connectivity index (χ0n) is 13.6. The van der Waals surface area contributed by atoms with E-state index < -0.39 is 0 Å². The monoisotopic (exact) mass is 335 g/mol. The Labute approximate surface area is 145 Å². The second-order valence-electron chi connectivity index (χ2n) is 5.23. The second-order valence-corrected chi connectivity index (χ2v) is 5.23. The molecule has 0 atom stereocenters. The summed E-state index contributed by atoms with van der Waals surface area (Å²) in [4.78, 5) is 12.1. The Morgan fingerprint density at radius 1 is 1.12 bits per heavy atom. The van der Waals surface area contributed by atoms with E-state index in [4.69, 9.17) is 4.74 Å². The van der Waals surface area contributed by atoms with E-state index in [1.807, 2.05) is 41.2 Å². The van der Waals surface area contributed by atoms with Crippen LogP contribution < -0.4 is 10.2 Å². The lowest BCUT2D eigenvalue weighted by molar-refractivity contribution is 0.0955. The Kier molecular flexibility index (Phi) is 4.80. The van der Waals surface area contributed by atoms with Gasteiger partial charge in [0.15, 0.2) is 11.5 Å². The first-order chi connectivity index (χ1) is 12.2. The molecule has 0 fully saturated rings. The number of hydrogen-bond acceptors (Lipinski definition) is 4. The molecule has 0 aliphatic heterocycles. The maximum Gasteiger partial charge on any atom is 0.271 e. The van der Waals surface area contributed by atoms with Crippen molar-refractivity contribution in [2.24, 2.45) is 5.10 Å². The van der Waals surface area contributed by atoms with Crippen LogP contribution in [0.5, 0.6) is 11.5 Å². The van der Waals surface area contributed by atoms with Crippen LogP contribution in [0, 0.1) is 0 Å². The van der Waals surface area contributed by atoms with E-state index in [1.54, 1.807) is 30.3 Å². The molecule has 2 aromatic carbocycles. The lowest BCUT2D eigenvalue weighted by Gasteiger charge is -2.06. The fourth-order valence-electron chi connectivity index (χ4n) is 2.32. The minimum Gasteiger partial charge on any atom is -0.504 e. The van der Waals surface area contributed by atoms with Gasteiger partial charge in [-0.15, -0.1) is 0 Å². The van der Waals surface area contributed by atoms with E-state index in [2.05, 4.69) is 10.5 Å². The van der Waals surface area contributed by atoms with Crippen molar-refractivity contribution in [3.8, 4) is 17.2 Å². The minimum atomic E-state index is -0.335. The van der Waals surface area contributed by atoms with Crippen molar-refractivity contribution in [3.63, 3.8) is 0 Å². The van der Waals surface area contributed by atoms with Crippen LogP contribution in [0.25, 0.3) is 5.69 Å². The SMILES string of the molecule is COc1cccc(/C=N/NC(=O)c2ccc(-n3cccc3)cc2)c1O. The predicted molar refractivity (Wildman–Crippen MR) is 95.5 cm³/mol. The summed E-state index contributed by atoms with van der Waals surface area (Å²) >= 11 is 0. The van der Waals surface area contributed by atoms with Crippen LogP contribution >= 0.6 is 0 Å². The third-order valence-corrected chi connectivity index (χ3v) is 3.65. The highest BCUT2D eigenvalue weighted by Crippen LogP contribution is 2.27. The normalized spacial score (nSPS) is 10.8. The minimum absolute atomic E-state index is 0.0286. The molecule has 3 rings (SSSR count). The number of phenolic OH excluding ortho intramolecular Hbond substituents is 1. The molecule has 1 amide bonds. The van der Waals surface area contributed by atoms with Crippen LogP contribution in [0.1, 0.15) is 15.9 Å². The van der Waals surface area contributed by atoms with Gasteiger partial charge in [-0.25, -0.2) is 5.43 Å². The Bertz CT molecular complexity index is 885. The number of carbonyl (C=O) groups excluding carboxylic acids is 1. The first-order valence-corrected chi connectivity index (χ1v) is 7.62. The number of para-hydroxylation sites is 1. The van der Waals surface area contributed by atoms with Crippen LogP contribution in [0.3, 0.4) is 0 Å². The lowest BCUT2D eigenvalue weighted by Crippen LogP contribution is -2.17. The van der Waals surface area contributed by atoms with Gasteiger partial charge in [0.2, 0.25) is 0 Å². The molecular formula is C19H17N3O3. The number of aromatic nitrogens is 1. The van der Waals surface area contributed by atoms with Gasteiger partial charge in [-0.05, 0) is 48.5 Å². The number of rotatable bonds is 5. The van der Waals surface area contributed by atoms with E-state index in [9.17, 15) is 9.90 Å². The number of carbonyl (C=O) groups is 1. The van der Waals surface area contributed by atoms with Crippen LogP contribution in [0.15, 0.2) is 72.1 Å². The highest BCUT2D eigenvalue weighted by Gasteiger charge is 2.06. The molecule has 3 aromatic rings. The summed E-state index contributed by atoms with van der Waals surface area (Å²) in [5.74, 6) is -0.0207. The Hall–Kier alpha value is -3.54. The number of nitrogens with zero attached hydrogens (tertiary/aromatic N) is 2. The summed E-state index contributed by atoms with van der Waals surface area (Å²) in [5.41, 5.74) is 4.34. The molecule has 0 spiro atoms. The maximum absolute atomic E-state index is 12.1. The molecule has 1 aromatic heterocycles. The van der Waals surface area contributed by atoms with Gasteiger partial charge in [-0.2, -0.15) is 5.10 Å². The maximum atomic E-state index is 12.1. The van der Waals surface area contributed by atoms with Gasteiger partial charge in [0.05, 0.1) is 13.3 Å². The molecule has 0 saturated carbocycles. The molecule has 0 saturated heterocycles. The first kappa shape index (κ1) is 16.3. The zero-order chi connectivity index (χ0) is 17.6. The number of nitrogens with one attached hydrogen (secondary N) is 1. The van der Waals surface area contributed by atoms with Crippen molar-refractivity contribution in [1.29, 1.82) is 0 Å². The third kappa shape index (κ3) is 3.69. The molecule has 25 heavy (non-hydrogen) atoms. The summed E-state index contributed by atoms with van der Waals surface area (Å²) in [6.45, 7) is 0. The van der Waals surface area contributed by atoms with Crippen molar-refractivity contribution in [2.45, 2.75) is 0 Å². The molecule has 6 heteroatoms. The van der Waals surface area contributed by atoms with Gasteiger partial charge in [0.1, 0.15) is 0 Å². The molecule has 0 unspecified atom stereocenters. The van der Waals surface area contributed by atoms with E-state index in [1.165, 1.54) is 13.3 Å². The lowest BCUT2D eigenvalue weighted by atomic mass is 10.2. The number of aromatic hydroxyl groups is 1. The smallest absolute Gasteiger partial charge is 0.271 e. The summed E-state index contributed by atoms with van der Waals surface area (Å²) in [6.07, 6.45) is 5.23. The van der Waals surface area contributed by atoms with Gasteiger partial charge >= 0.3 is 0 Å². The molecule has 0 radical (unpaired) electrons. The number of hydrazone groups is 1. The van der Waals surface area contributed by atoms with Crippen molar-refractivity contribution >= 4 is 12.1 Å². The Morgan fingerprint density at radius 3 is 2.52 bits per heavy atom. The molecular weight excluding hydrogens is 318 g/mol. The molecule has 0 aliphatic rings. The second kappa shape index (κ2) is 7.35. The summed E-state index contributed by atoms with van der Waals surface area (Å²) < 4.78 is 6.97. The first-order valence-electron chi connectivity index (χ1n) is 7.62. The van der Waals surface area contributed by atoms with Crippen molar-refractivity contribution in [3.05, 3.63) is 78.1 Å². The number of amides is 1. The van der Waals surface area contributed by atoms with Gasteiger partial charge in [-0.1, -0.05) is 6.07 Å². The van der Waals surface area contributed by atoms with Gasteiger partial charge in [0, 0.05) is 29.2 Å². The standard InChI is InChI=1S/C19H17N3O3/c1-25-17-6-4-5-15(18(17)23)13-20-21-19(24)14-7-9-16(10-8-14)22-11-2-3-12-22/h2-13,23H,1H3,(H,21,24)/b20-13+. The number of hydrogen-bond donors (Lipinski definition) is 2. The van der Waals surface area contributed by atoms with E-state index in [0.717, 1.165) is 5.69 Å². The topological polar surface area (TPSA) is 75.8 Å². The summed E-state index contributed by atoms with van der Waals surface area (Å²) in [5, 5.41) is 13.8. The zero-order valence-corrected chi connectivity index (χ0v) is 13.6. The van der Waals surface area contributed by atoms with Crippen molar-refractivity contribution < 1.29 is 14.6 Å².